The molecule has 2 atom stereocenters. The minimum absolute atomic E-state index is 0.00211. The van der Waals surface area contributed by atoms with Crippen LogP contribution in [-0.4, -0.2) is 47.0 Å². The Kier molecular flexibility index (Phi) is 6.34. The van der Waals surface area contributed by atoms with Gasteiger partial charge < -0.3 is 14.6 Å². The summed E-state index contributed by atoms with van der Waals surface area (Å²) in [6.07, 6.45) is 1.90. The minimum atomic E-state index is -3.42. The lowest BCUT2D eigenvalue weighted by molar-refractivity contribution is -0.120. The number of benzene rings is 1. The number of nitrogens with zero attached hydrogens (tertiary/aromatic N) is 3. The lowest BCUT2D eigenvalue weighted by atomic mass is 9.93. The van der Waals surface area contributed by atoms with Gasteiger partial charge >= 0.3 is 5.92 Å². The van der Waals surface area contributed by atoms with Crippen LogP contribution in [0.5, 0.6) is 0 Å². The highest BCUT2D eigenvalue weighted by atomic mass is 32.1. The summed E-state index contributed by atoms with van der Waals surface area (Å²) in [6, 6.07) is 9.51. The first-order chi connectivity index (χ1) is 15.3. The van der Waals surface area contributed by atoms with Crippen molar-refractivity contribution in [1.29, 1.82) is 0 Å². The molecule has 0 amide bonds. The quantitative estimate of drug-likeness (QED) is 0.547. The molecule has 2 aromatic heterocycles. The molecule has 0 saturated carbocycles. The average Bonchev–Trinajstić information content (AvgIpc) is 3.41. The van der Waals surface area contributed by atoms with Gasteiger partial charge in [0.25, 0.3) is 5.56 Å². The number of carbonyl (C=O) groups is 1. The zero-order chi connectivity index (χ0) is 22.9. The molecule has 0 aliphatic carbocycles. The SMILES string of the molecule is COCC(F)(F)c1nc2sc(N3CCC[C@@H]3C(=O)C[C@H](C)c3ccccc3)nc2c(=O)[nH]1. The van der Waals surface area contributed by atoms with E-state index >= 15 is 0 Å². The van der Waals surface area contributed by atoms with Gasteiger partial charge in [-0.3, -0.25) is 9.59 Å². The Labute approximate surface area is 187 Å². The molecule has 3 aromatic rings. The number of rotatable bonds is 8. The summed E-state index contributed by atoms with van der Waals surface area (Å²) in [7, 11) is 1.15. The molecular weight excluding hydrogens is 438 g/mol. The van der Waals surface area contributed by atoms with Crippen LogP contribution in [0.2, 0.25) is 0 Å². The molecule has 170 valence electrons. The van der Waals surface area contributed by atoms with E-state index in [1.165, 1.54) is 0 Å². The number of halogens is 2. The number of alkyl halides is 2. The van der Waals surface area contributed by atoms with Gasteiger partial charge in [-0.15, -0.1) is 0 Å². The van der Waals surface area contributed by atoms with Crippen molar-refractivity contribution in [3.8, 4) is 0 Å². The van der Waals surface area contributed by atoms with Crippen molar-refractivity contribution in [3.05, 3.63) is 52.1 Å². The van der Waals surface area contributed by atoms with Gasteiger partial charge in [0, 0.05) is 20.1 Å². The fourth-order valence-electron chi connectivity index (χ4n) is 4.03. The van der Waals surface area contributed by atoms with Crippen molar-refractivity contribution in [3.63, 3.8) is 0 Å². The Hall–Kier alpha value is -2.72. The average molecular weight is 463 g/mol. The van der Waals surface area contributed by atoms with E-state index in [1.54, 1.807) is 0 Å². The van der Waals surface area contributed by atoms with Crippen molar-refractivity contribution in [2.75, 3.05) is 25.2 Å². The molecule has 1 N–H and O–H groups in total. The number of carbonyl (C=O) groups excluding carboxylic acids is 1. The number of ether oxygens (including phenoxy) is 1. The standard InChI is InChI=1S/C22H24F2N4O3S/c1-13(14-7-4-3-5-8-14)11-16(29)15-9-6-10-28(15)21-25-17-18(30)26-20(27-19(17)32-21)22(23,24)12-31-2/h3-5,7-8,13,15H,6,9-12H2,1-2H3,(H,26,27,30)/t13-,15+/m0/s1. The van der Waals surface area contributed by atoms with Crippen molar-refractivity contribution >= 4 is 32.6 Å². The fourth-order valence-corrected chi connectivity index (χ4v) is 5.05. The van der Waals surface area contributed by atoms with Gasteiger partial charge in [0.1, 0.15) is 6.61 Å². The maximum atomic E-state index is 14.2. The predicted octanol–water partition coefficient (Wildman–Crippen LogP) is 3.85. The van der Waals surface area contributed by atoms with Gasteiger partial charge in [0.2, 0.25) is 0 Å². The lowest BCUT2D eigenvalue weighted by Crippen LogP contribution is -2.36. The summed E-state index contributed by atoms with van der Waals surface area (Å²) in [4.78, 5) is 37.9. The topological polar surface area (TPSA) is 88.2 Å². The number of H-pyrrole nitrogens is 1. The number of ketones is 1. The van der Waals surface area contributed by atoms with Crippen LogP contribution in [0.3, 0.4) is 0 Å². The third kappa shape index (κ3) is 4.42. The molecule has 1 aromatic carbocycles. The normalized spacial score (nSPS) is 17.8. The first kappa shape index (κ1) is 22.5. The Morgan fingerprint density at radius 3 is 2.81 bits per heavy atom. The van der Waals surface area contributed by atoms with E-state index in [4.69, 9.17) is 0 Å². The molecular formula is C22H24F2N4O3S. The van der Waals surface area contributed by atoms with Crippen LogP contribution in [0.15, 0.2) is 35.1 Å². The van der Waals surface area contributed by atoms with E-state index in [-0.39, 0.29) is 28.1 Å². The first-order valence-corrected chi connectivity index (χ1v) is 11.2. The Balaban J connectivity index is 1.58. The zero-order valence-electron chi connectivity index (χ0n) is 17.8. The molecule has 0 unspecified atom stereocenters. The number of aromatic nitrogens is 3. The van der Waals surface area contributed by atoms with Gasteiger partial charge in [-0.05, 0) is 24.3 Å². The Bertz CT molecular complexity index is 1160. The van der Waals surface area contributed by atoms with Gasteiger partial charge in [0.05, 0.1) is 6.04 Å². The molecule has 10 heteroatoms. The summed E-state index contributed by atoms with van der Waals surface area (Å²) in [6.45, 7) is 1.74. The van der Waals surface area contributed by atoms with E-state index in [0.29, 0.717) is 24.5 Å². The zero-order valence-corrected chi connectivity index (χ0v) is 18.6. The molecule has 7 nitrogen and oxygen atoms in total. The van der Waals surface area contributed by atoms with Gasteiger partial charge in [0.15, 0.2) is 27.1 Å². The molecule has 1 aliphatic rings. The van der Waals surface area contributed by atoms with Gasteiger partial charge in [-0.25, -0.2) is 9.97 Å². The summed E-state index contributed by atoms with van der Waals surface area (Å²) >= 11 is 1.05. The molecule has 0 bridgehead atoms. The van der Waals surface area contributed by atoms with E-state index in [1.807, 2.05) is 42.2 Å². The number of fused-ring (bicyclic) bond motifs is 1. The molecule has 32 heavy (non-hydrogen) atoms. The second kappa shape index (κ2) is 9.03. The molecule has 3 heterocycles. The third-order valence-corrected chi connectivity index (χ3v) is 6.66. The minimum Gasteiger partial charge on any atom is -0.378 e. The van der Waals surface area contributed by atoms with E-state index in [9.17, 15) is 18.4 Å². The number of nitrogens with one attached hydrogen (secondary N) is 1. The smallest absolute Gasteiger partial charge is 0.327 e. The van der Waals surface area contributed by atoms with Gasteiger partial charge in [-0.1, -0.05) is 48.6 Å². The number of methoxy groups -OCH3 is 1. The van der Waals surface area contributed by atoms with Crippen LogP contribution in [0, 0.1) is 0 Å². The maximum absolute atomic E-state index is 14.2. The van der Waals surface area contributed by atoms with Crippen LogP contribution >= 0.6 is 11.3 Å². The number of hydrogen-bond donors (Lipinski definition) is 1. The number of aromatic amines is 1. The molecule has 1 fully saturated rings. The van der Waals surface area contributed by atoms with E-state index < -0.39 is 23.9 Å². The highest BCUT2D eigenvalue weighted by molar-refractivity contribution is 7.21. The number of hydrogen-bond acceptors (Lipinski definition) is 7. The molecule has 1 saturated heterocycles. The van der Waals surface area contributed by atoms with E-state index in [2.05, 4.69) is 19.7 Å². The summed E-state index contributed by atoms with van der Waals surface area (Å²) < 4.78 is 32.9. The van der Waals surface area contributed by atoms with E-state index in [0.717, 1.165) is 30.4 Å². The second-order valence-electron chi connectivity index (χ2n) is 8.04. The third-order valence-electron chi connectivity index (χ3n) is 5.68. The van der Waals surface area contributed by atoms with Crippen LogP contribution in [0.4, 0.5) is 13.9 Å². The largest absolute Gasteiger partial charge is 0.378 e. The van der Waals surface area contributed by atoms with Crippen molar-refractivity contribution < 1.29 is 18.3 Å². The van der Waals surface area contributed by atoms with Gasteiger partial charge in [-0.2, -0.15) is 8.78 Å². The van der Waals surface area contributed by atoms with Crippen LogP contribution in [0.25, 0.3) is 10.3 Å². The molecule has 0 spiro atoms. The summed E-state index contributed by atoms with van der Waals surface area (Å²) in [5.74, 6) is -3.99. The van der Waals surface area contributed by atoms with Crippen LogP contribution in [0.1, 0.15) is 43.5 Å². The highest BCUT2D eigenvalue weighted by Crippen LogP contribution is 2.34. The Morgan fingerprint density at radius 1 is 1.34 bits per heavy atom. The molecule has 4 rings (SSSR count). The fraction of sp³-hybridized carbons (Fsp3) is 0.455. The first-order valence-electron chi connectivity index (χ1n) is 10.4. The number of Topliss-reactive ketones (excluding diaryl/α,β-unsaturated/α-hetero) is 1. The Morgan fingerprint density at radius 2 is 2.09 bits per heavy atom. The molecule has 0 radical (unpaired) electrons. The van der Waals surface area contributed by atoms with Crippen molar-refractivity contribution in [2.45, 2.75) is 44.1 Å². The monoisotopic (exact) mass is 462 g/mol. The van der Waals surface area contributed by atoms with Crippen molar-refractivity contribution in [2.24, 2.45) is 0 Å². The highest BCUT2D eigenvalue weighted by Gasteiger charge is 2.37. The summed E-state index contributed by atoms with van der Waals surface area (Å²) in [5.41, 5.74) is 0.367. The lowest BCUT2D eigenvalue weighted by Gasteiger charge is -2.24. The molecule has 1 aliphatic heterocycles. The van der Waals surface area contributed by atoms with Crippen molar-refractivity contribution in [1.82, 2.24) is 15.0 Å². The number of anilines is 1. The summed E-state index contributed by atoms with van der Waals surface area (Å²) in [5, 5.41) is 0.452. The predicted molar refractivity (Wildman–Crippen MR) is 119 cm³/mol. The maximum Gasteiger partial charge on any atom is 0.327 e. The second-order valence-corrected chi connectivity index (χ2v) is 8.99. The van der Waals surface area contributed by atoms with Crippen LogP contribution in [-0.2, 0) is 15.5 Å². The van der Waals surface area contributed by atoms with Crippen LogP contribution < -0.4 is 10.5 Å². The number of thiazole rings is 1.